The number of aryl methyl sites for hydroxylation is 1. The zero-order valence-corrected chi connectivity index (χ0v) is 9.59. The van der Waals surface area contributed by atoms with Crippen molar-refractivity contribution in [3.8, 4) is 0 Å². The summed E-state index contributed by atoms with van der Waals surface area (Å²) < 4.78 is 0. The largest absolute Gasteiger partial charge is 0.373 e. The van der Waals surface area contributed by atoms with E-state index in [0.717, 1.165) is 17.9 Å². The summed E-state index contributed by atoms with van der Waals surface area (Å²) in [7, 11) is 1.86. The van der Waals surface area contributed by atoms with Crippen molar-refractivity contribution in [2.45, 2.75) is 27.2 Å². The highest BCUT2D eigenvalue weighted by Crippen LogP contribution is 2.12. The Labute approximate surface area is 87.1 Å². The van der Waals surface area contributed by atoms with Gasteiger partial charge in [0.1, 0.15) is 5.82 Å². The Balaban J connectivity index is 0.000000791. The van der Waals surface area contributed by atoms with E-state index in [1.807, 2.05) is 27.0 Å². The van der Waals surface area contributed by atoms with Gasteiger partial charge in [-0.25, -0.2) is 4.98 Å². The molecule has 78 valence electrons. The normalized spacial score (nSPS) is 8.57. The van der Waals surface area contributed by atoms with Crippen LogP contribution in [0.4, 0.5) is 5.82 Å². The second-order valence-corrected chi connectivity index (χ2v) is 2.55. The van der Waals surface area contributed by atoms with Crippen molar-refractivity contribution >= 4 is 11.9 Å². The molecule has 0 aliphatic heterocycles. The maximum atomic E-state index is 4.35. The summed E-state index contributed by atoms with van der Waals surface area (Å²) in [5, 5.41) is 2.99. The van der Waals surface area contributed by atoms with E-state index in [1.165, 1.54) is 5.56 Å². The van der Waals surface area contributed by atoms with Crippen molar-refractivity contribution in [1.29, 1.82) is 0 Å². The number of rotatable bonds is 3. The molecule has 0 saturated heterocycles. The highest BCUT2D eigenvalue weighted by Gasteiger charge is 1.98. The lowest BCUT2D eigenvalue weighted by atomic mass is 10.1. The average Bonchev–Trinajstić information content (AvgIpc) is 2.30. The molecule has 1 aromatic rings. The maximum absolute atomic E-state index is 4.35. The summed E-state index contributed by atoms with van der Waals surface area (Å²) in [5.41, 5.74) is 2.22. The Morgan fingerprint density at radius 1 is 1.43 bits per heavy atom. The molecule has 0 amide bonds. The minimum Gasteiger partial charge on any atom is -0.373 e. The van der Waals surface area contributed by atoms with Gasteiger partial charge in [0, 0.05) is 7.05 Å². The van der Waals surface area contributed by atoms with Crippen LogP contribution in [0.25, 0.3) is 6.08 Å². The highest BCUT2D eigenvalue weighted by atomic mass is 15.0. The summed E-state index contributed by atoms with van der Waals surface area (Å²) >= 11 is 0. The minimum absolute atomic E-state index is 0.891. The summed E-state index contributed by atoms with van der Waals surface area (Å²) in [6.07, 6.45) is 2.79. The van der Waals surface area contributed by atoms with Crippen molar-refractivity contribution < 1.29 is 0 Å². The van der Waals surface area contributed by atoms with E-state index >= 15 is 0 Å². The second-order valence-electron chi connectivity index (χ2n) is 2.55. The molecule has 1 rings (SSSR count). The Morgan fingerprint density at radius 2 is 2.07 bits per heavy atom. The summed E-state index contributed by atoms with van der Waals surface area (Å²) in [4.78, 5) is 4.35. The Bertz CT molecular complexity index is 280. The first-order valence-corrected chi connectivity index (χ1v) is 5.12. The fourth-order valence-electron chi connectivity index (χ4n) is 1.12. The van der Waals surface area contributed by atoms with Crippen molar-refractivity contribution in [2.75, 3.05) is 12.4 Å². The molecule has 0 spiro atoms. The van der Waals surface area contributed by atoms with Crippen molar-refractivity contribution in [3.05, 3.63) is 30.0 Å². The third-order valence-corrected chi connectivity index (χ3v) is 1.84. The molecule has 0 radical (unpaired) electrons. The summed E-state index contributed by atoms with van der Waals surface area (Å²) in [6, 6.07) is 4.06. The molecule has 0 aromatic carbocycles. The van der Waals surface area contributed by atoms with E-state index in [1.54, 1.807) is 6.08 Å². The number of anilines is 1. The minimum atomic E-state index is 0.891. The lowest BCUT2D eigenvalue weighted by Gasteiger charge is -2.04. The Hall–Kier alpha value is -1.31. The van der Waals surface area contributed by atoms with E-state index in [0.29, 0.717) is 0 Å². The molecule has 0 bridgehead atoms. The first-order chi connectivity index (χ1) is 6.81. The van der Waals surface area contributed by atoms with E-state index in [-0.39, 0.29) is 0 Å². The number of pyridine rings is 1. The Kier molecular flexibility index (Phi) is 6.46. The third-order valence-electron chi connectivity index (χ3n) is 1.84. The third kappa shape index (κ3) is 3.21. The van der Waals surface area contributed by atoms with Gasteiger partial charge in [-0.05, 0) is 24.1 Å². The van der Waals surface area contributed by atoms with Crippen LogP contribution in [0.15, 0.2) is 18.7 Å². The molecule has 2 heteroatoms. The fourth-order valence-corrected chi connectivity index (χ4v) is 1.12. The summed E-state index contributed by atoms with van der Waals surface area (Å²) in [5.74, 6) is 0.891. The molecular weight excluding hydrogens is 172 g/mol. The van der Waals surface area contributed by atoms with Crippen LogP contribution in [-0.4, -0.2) is 12.0 Å². The first kappa shape index (κ1) is 12.7. The number of nitrogens with zero attached hydrogens (tertiary/aromatic N) is 1. The summed E-state index contributed by atoms with van der Waals surface area (Å²) in [6.45, 7) is 9.84. The lowest BCUT2D eigenvalue weighted by molar-refractivity contribution is 1.09. The Morgan fingerprint density at radius 3 is 2.50 bits per heavy atom. The zero-order chi connectivity index (χ0) is 11.0. The molecule has 0 fully saturated rings. The smallest absolute Gasteiger partial charge is 0.126 e. The number of hydrogen-bond acceptors (Lipinski definition) is 2. The van der Waals surface area contributed by atoms with Gasteiger partial charge in [-0.3, -0.25) is 0 Å². The van der Waals surface area contributed by atoms with Crippen LogP contribution < -0.4 is 5.32 Å². The van der Waals surface area contributed by atoms with Crippen LogP contribution in [-0.2, 0) is 6.42 Å². The molecule has 14 heavy (non-hydrogen) atoms. The van der Waals surface area contributed by atoms with Crippen molar-refractivity contribution in [2.24, 2.45) is 0 Å². The molecule has 0 atom stereocenters. The topological polar surface area (TPSA) is 24.9 Å². The van der Waals surface area contributed by atoms with Crippen molar-refractivity contribution in [3.63, 3.8) is 0 Å². The van der Waals surface area contributed by atoms with Gasteiger partial charge >= 0.3 is 0 Å². The molecular formula is C12H20N2. The quantitative estimate of drug-likeness (QED) is 0.794. The van der Waals surface area contributed by atoms with Gasteiger partial charge in [0.15, 0.2) is 0 Å². The van der Waals surface area contributed by atoms with Crippen LogP contribution in [0, 0.1) is 0 Å². The van der Waals surface area contributed by atoms with Gasteiger partial charge < -0.3 is 5.32 Å². The fraction of sp³-hybridized carbons (Fsp3) is 0.417. The SMILES string of the molecule is C=Cc1nc(NC)ccc1CC.CC. The molecule has 0 saturated carbocycles. The number of aromatic nitrogens is 1. The van der Waals surface area contributed by atoms with E-state index in [9.17, 15) is 0 Å². The molecule has 1 heterocycles. The van der Waals surface area contributed by atoms with Crippen LogP contribution in [0.5, 0.6) is 0 Å². The average molecular weight is 192 g/mol. The number of hydrogen-bond donors (Lipinski definition) is 1. The molecule has 1 N–H and O–H groups in total. The predicted octanol–water partition coefficient (Wildman–Crippen LogP) is 3.35. The van der Waals surface area contributed by atoms with Gasteiger partial charge in [0.2, 0.25) is 0 Å². The number of nitrogens with one attached hydrogen (secondary N) is 1. The molecule has 1 aromatic heterocycles. The van der Waals surface area contributed by atoms with Crippen LogP contribution in [0.1, 0.15) is 32.0 Å². The molecule has 0 unspecified atom stereocenters. The maximum Gasteiger partial charge on any atom is 0.126 e. The van der Waals surface area contributed by atoms with Crippen LogP contribution in [0.2, 0.25) is 0 Å². The van der Waals surface area contributed by atoms with Crippen molar-refractivity contribution in [1.82, 2.24) is 4.98 Å². The van der Waals surface area contributed by atoms with Gasteiger partial charge in [-0.1, -0.05) is 33.4 Å². The molecule has 0 aliphatic carbocycles. The predicted molar refractivity (Wildman–Crippen MR) is 64.6 cm³/mol. The second kappa shape index (κ2) is 7.13. The van der Waals surface area contributed by atoms with Gasteiger partial charge in [-0.2, -0.15) is 0 Å². The van der Waals surface area contributed by atoms with Crippen LogP contribution in [0.3, 0.4) is 0 Å². The van der Waals surface area contributed by atoms with E-state index in [4.69, 9.17) is 0 Å². The van der Waals surface area contributed by atoms with E-state index < -0.39 is 0 Å². The lowest BCUT2D eigenvalue weighted by Crippen LogP contribution is -1.96. The van der Waals surface area contributed by atoms with E-state index in [2.05, 4.69) is 29.9 Å². The van der Waals surface area contributed by atoms with Crippen LogP contribution >= 0.6 is 0 Å². The van der Waals surface area contributed by atoms with Gasteiger partial charge in [-0.15, -0.1) is 0 Å². The molecule has 2 nitrogen and oxygen atoms in total. The standard InChI is InChI=1S/C10H14N2.C2H6/c1-4-8-6-7-10(11-3)12-9(8)5-2;1-2/h5-7H,2,4H2,1,3H3,(H,11,12);1-2H3. The molecule has 0 aliphatic rings. The highest BCUT2D eigenvalue weighted by molar-refractivity contribution is 5.51. The van der Waals surface area contributed by atoms with Gasteiger partial charge in [0.25, 0.3) is 0 Å². The van der Waals surface area contributed by atoms with Gasteiger partial charge in [0.05, 0.1) is 5.69 Å². The zero-order valence-electron chi connectivity index (χ0n) is 9.59. The monoisotopic (exact) mass is 192 g/mol. The first-order valence-electron chi connectivity index (χ1n) is 5.12.